The highest BCUT2D eigenvalue weighted by atomic mass is 16.4. The van der Waals surface area contributed by atoms with Crippen molar-refractivity contribution in [3.05, 3.63) is 0 Å². The van der Waals surface area contributed by atoms with Crippen molar-refractivity contribution in [3.8, 4) is 0 Å². The van der Waals surface area contributed by atoms with Gasteiger partial charge in [-0.3, -0.25) is 24.0 Å². The Labute approximate surface area is 190 Å². The summed E-state index contributed by atoms with van der Waals surface area (Å²) in [6.45, 7) is 1.46. The summed E-state index contributed by atoms with van der Waals surface area (Å²) in [5.41, 5.74) is 15.9. The van der Waals surface area contributed by atoms with Crippen LogP contribution in [0.5, 0.6) is 0 Å². The van der Waals surface area contributed by atoms with Crippen LogP contribution in [0.2, 0.25) is 0 Å². The Kier molecular flexibility index (Phi) is 10.7. The van der Waals surface area contributed by atoms with E-state index in [-0.39, 0.29) is 38.6 Å². The number of hydrogen-bond donors (Lipinski definition) is 7. The predicted molar refractivity (Wildman–Crippen MR) is 113 cm³/mol. The lowest BCUT2D eigenvalue weighted by Crippen LogP contribution is -2.59. The van der Waals surface area contributed by atoms with Crippen molar-refractivity contribution in [1.82, 2.24) is 15.5 Å². The van der Waals surface area contributed by atoms with E-state index in [0.29, 0.717) is 6.42 Å². The maximum atomic E-state index is 12.8. The Morgan fingerprint density at radius 3 is 2.12 bits per heavy atom. The molecule has 0 aromatic rings. The lowest BCUT2D eigenvalue weighted by molar-refractivity contribution is -0.144. The van der Waals surface area contributed by atoms with E-state index in [1.54, 1.807) is 0 Å². The maximum Gasteiger partial charge on any atom is 0.326 e. The predicted octanol–water partition coefficient (Wildman–Crippen LogP) is -3.73. The van der Waals surface area contributed by atoms with Crippen molar-refractivity contribution in [2.45, 2.75) is 75.7 Å². The van der Waals surface area contributed by atoms with Gasteiger partial charge in [-0.1, -0.05) is 0 Å². The quantitative estimate of drug-likeness (QED) is 0.139. The van der Waals surface area contributed by atoms with Crippen LogP contribution in [0, 0.1) is 0 Å². The van der Waals surface area contributed by atoms with Crippen LogP contribution in [0.4, 0.5) is 0 Å². The summed E-state index contributed by atoms with van der Waals surface area (Å²) in [6.07, 6.45) is -1.27. The van der Waals surface area contributed by atoms with Crippen LogP contribution in [0.3, 0.4) is 0 Å². The van der Waals surface area contributed by atoms with Gasteiger partial charge in [0.1, 0.15) is 18.1 Å². The molecule has 0 radical (unpaired) electrons. The highest BCUT2D eigenvalue weighted by Crippen LogP contribution is 2.19. The van der Waals surface area contributed by atoms with Crippen molar-refractivity contribution in [1.29, 1.82) is 0 Å². The Morgan fingerprint density at radius 1 is 1.03 bits per heavy atom. The van der Waals surface area contributed by atoms with Crippen LogP contribution < -0.4 is 27.8 Å². The molecule has 0 saturated carbocycles. The molecule has 186 valence electrons. The van der Waals surface area contributed by atoms with E-state index in [9.17, 15) is 39.0 Å². The molecule has 5 unspecified atom stereocenters. The molecule has 1 saturated heterocycles. The second kappa shape index (κ2) is 12.7. The Hall–Kier alpha value is -3.26. The molecule has 5 atom stereocenters. The molecule has 0 aromatic carbocycles. The van der Waals surface area contributed by atoms with Crippen LogP contribution in [0.1, 0.15) is 45.4 Å². The molecule has 0 aromatic heterocycles. The molecule has 1 aliphatic heterocycles. The molecule has 0 bridgehead atoms. The Bertz CT molecular complexity index is 773. The third kappa shape index (κ3) is 8.65. The second-order valence-electron chi connectivity index (χ2n) is 7.93. The fourth-order valence-corrected chi connectivity index (χ4v) is 3.40. The molecule has 1 aliphatic rings. The zero-order valence-corrected chi connectivity index (χ0v) is 18.4. The minimum Gasteiger partial charge on any atom is -0.480 e. The fraction of sp³-hybridized carbons (Fsp3) is 0.684. The third-order valence-corrected chi connectivity index (χ3v) is 5.21. The fourth-order valence-electron chi connectivity index (χ4n) is 3.40. The molecular weight excluding hydrogens is 440 g/mol. The molecule has 1 heterocycles. The van der Waals surface area contributed by atoms with E-state index in [4.69, 9.17) is 17.2 Å². The van der Waals surface area contributed by atoms with Gasteiger partial charge in [-0.25, -0.2) is 4.79 Å². The van der Waals surface area contributed by atoms with Gasteiger partial charge in [-0.05, 0) is 32.6 Å². The average Bonchev–Trinajstić information content (AvgIpc) is 3.21. The van der Waals surface area contributed by atoms with Crippen LogP contribution in [0.25, 0.3) is 0 Å². The summed E-state index contributed by atoms with van der Waals surface area (Å²) in [6, 6.07) is -4.98. The first kappa shape index (κ1) is 27.8. The van der Waals surface area contributed by atoms with Crippen LogP contribution in [-0.2, 0) is 28.8 Å². The van der Waals surface area contributed by atoms with Crippen molar-refractivity contribution < 1.29 is 39.0 Å². The van der Waals surface area contributed by atoms with Crippen LogP contribution in [0.15, 0.2) is 0 Å². The van der Waals surface area contributed by atoms with Gasteiger partial charge >= 0.3 is 5.97 Å². The first-order chi connectivity index (χ1) is 15.3. The summed E-state index contributed by atoms with van der Waals surface area (Å²) in [7, 11) is 0. The molecule has 14 nitrogen and oxygen atoms in total. The number of amides is 5. The smallest absolute Gasteiger partial charge is 0.326 e. The molecule has 1 rings (SSSR count). The number of rotatable bonds is 13. The number of aliphatic hydroxyl groups excluding tert-OH is 1. The molecule has 1 fully saturated rings. The van der Waals surface area contributed by atoms with E-state index >= 15 is 0 Å². The molecule has 0 spiro atoms. The Balaban J connectivity index is 2.85. The van der Waals surface area contributed by atoms with Crippen molar-refractivity contribution >= 4 is 35.5 Å². The van der Waals surface area contributed by atoms with E-state index in [0.717, 1.165) is 0 Å². The maximum absolute atomic E-state index is 12.8. The number of hydrogen-bond acceptors (Lipinski definition) is 8. The minimum atomic E-state index is -1.52. The van der Waals surface area contributed by atoms with Gasteiger partial charge in [0, 0.05) is 19.4 Å². The van der Waals surface area contributed by atoms with Gasteiger partial charge in [0.25, 0.3) is 0 Å². The van der Waals surface area contributed by atoms with E-state index in [1.165, 1.54) is 11.8 Å². The summed E-state index contributed by atoms with van der Waals surface area (Å²) in [5.74, 6) is -5.05. The molecule has 5 amide bonds. The number of aliphatic carboxylic acids is 1. The van der Waals surface area contributed by atoms with Crippen LogP contribution in [-0.4, -0.2) is 87.4 Å². The number of carboxylic acid groups (broad SMARTS) is 1. The van der Waals surface area contributed by atoms with Gasteiger partial charge < -0.3 is 42.9 Å². The van der Waals surface area contributed by atoms with E-state index < -0.39 is 65.8 Å². The van der Waals surface area contributed by atoms with Gasteiger partial charge in [-0.15, -0.1) is 0 Å². The minimum absolute atomic E-state index is 0.0135. The van der Waals surface area contributed by atoms with Crippen molar-refractivity contribution in [3.63, 3.8) is 0 Å². The molecule has 10 N–H and O–H groups in total. The molecular formula is C19H32N6O8. The highest BCUT2D eigenvalue weighted by molar-refractivity contribution is 5.94. The summed E-state index contributed by atoms with van der Waals surface area (Å²) in [4.78, 5) is 72.4. The van der Waals surface area contributed by atoms with Crippen molar-refractivity contribution in [2.24, 2.45) is 17.2 Å². The highest BCUT2D eigenvalue weighted by Gasteiger charge is 2.38. The van der Waals surface area contributed by atoms with Gasteiger partial charge in [0.15, 0.2) is 0 Å². The summed E-state index contributed by atoms with van der Waals surface area (Å²) >= 11 is 0. The summed E-state index contributed by atoms with van der Waals surface area (Å²) in [5, 5.41) is 23.7. The number of likely N-dealkylation sites (tertiary alicyclic amines) is 1. The first-order valence-electron chi connectivity index (χ1n) is 10.5. The number of aliphatic hydroxyl groups is 1. The number of nitrogens with one attached hydrogen (secondary N) is 2. The lowest BCUT2D eigenvalue weighted by Gasteiger charge is -2.29. The van der Waals surface area contributed by atoms with Crippen molar-refractivity contribution in [2.75, 3.05) is 6.54 Å². The molecule has 14 heteroatoms. The average molecular weight is 472 g/mol. The SMILES string of the molecule is CC(O)C(NC(=O)C1CCCN1C(=O)C(N)CCC(N)=O)C(=O)NC(CCC(N)=O)C(=O)O. The largest absolute Gasteiger partial charge is 0.480 e. The molecule has 0 aliphatic carbocycles. The number of carbonyl (C=O) groups excluding carboxylic acids is 5. The topological polar surface area (TPSA) is 248 Å². The normalized spacial score (nSPS) is 19.1. The Morgan fingerprint density at radius 2 is 1.61 bits per heavy atom. The monoisotopic (exact) mass is 472 g/mol. The zero-order chi connectivity index (χ0) is 25.3. The number of nitrogens with zero attached hydrogens (tertiary/aromatic N) is 1. The van der Waals surface area contributed by atoms with Crippen LogP contribution >= 0.6 is 0 Å². The van der Waals surface area contributed by atoms with E-state index in [2.05, 4.69) is 10.6 Å². The first-order valence-corrected chi connectivity index (χ1v) is 10.5. The zero-order valence-electron chi connectivity index (χ0n) is 18.4. The number of carboxylic acids is 1. The molecule has 33 heavy (non-hydrogen) atoms. The van der Waals surface area contributed by atoms with Gasteiger partial charge in [0.05, 0.1) is 12.1 Å². The third-order valence-electron chi connectivity index (χ3n) is 5.21. The lowest BCUT2D eigenvalue weighted by atomic mass is 10.1. The number of primary amides is 2. The van der Waals surface area contributed by atoms with Gasteiger partial charge in [0.2, 0.25) is 29.5 Å². The number of nitrogens with two attached hydrogens (primary N) is 3. The van der Waals surface area contributed by atoms with E-state index in [1.807, 2.05) is 0 Å². The standard InChI is InChI=1S/C19H32N6O8/c1-9(26)15(17(30)23-11(19(32)33)5-7-14(22)28)24-16(29)12-3-2-8-25(12)18(31)10(20)4-6-13(21)27/h9-12,15,26H,2-8,20H2,1H3,(H2,21,27)(H2,22,28)(H,23,30)(H,24,29)(H,32,33). The second-order valence-corrected chi connectivity index (χ2v) is 7.93. The summed E-state index contributed by atoms with van der Waals surface area (Å²) < 4.78 is 0. The number of carbonyl (C=O) groups is 6. The van der Waals surface area contributed by atoms with Gasteiger partial charge in [-0.2, -0.15) is 0 Å².